The summed E-state index contributed by atoms with van der Waals surface area (Å²) in [6.45, 7) is 0.317. The maximum absolute atomic E-state index is 12.9. The number of pyridine rings is 1. The van der Waals surface area contributed by atoms with Crippen LogP contribution in [0.1, 0.15) is 16.4 Å². The van der Waals surface area contributed by atoms with Gasteiger partial charge in [0.25, 0.3) is 17.2 Å². The van der Waals surface area contributed by atoms with Gasteiger partial charge in [0.15, 0.2) is 11.8 Å². The van der Waals surface area contributed by atoms with Crippen molar-refractivity contribution in [1.29, 1.82) is 0 Å². The molecule has 0 fully saturated rings. The van der Waals surface area contributed by atoms with Gasteiger partial charge in [-0.1, -0.05) is 23.7 Å². The van der Waals surface area contributed by atoms with Crippen LogP contribution in [-0.2, 0) is 9.53 Å². The fraction of sp³-hybridized carbons (Fsp3) is 0.235. The van der Waals surface area contributed by atoms with Crippen molar-refractivity contribution in [3.63, 3.8) is 0 Å². The van der Waals surface area contributed by atoms with Crippen molar-refractivity contribution in [3.05, 3.63) is 73.6 Å². The number of nitrogens with zero attached hydrogens (tertiary/aromatic N) is 2. The lowest BCUT2D eigenvalue weighted by molar-refractivity contribution is -0.384. The second kappa shape index (κ2) is 9.06. The molecule has 0 radical (unpaired) electrons. The highest BCUT2D eigenvalue weighted by Gasteiger charge is 2.31. The van der Waals surface area contributed by atoms with Crippen LogP contribution in [0.15, 0.2) is 47.4 Å². The van der Waals surface area contributed by atoms with E-state index >= 15 is 0 Å². The monoisotopic (exact) mass is 393 g/mol. The molecule has 1 atom stereocenters. The Kier molecular flexibility index (Phi) is 6.80. The van der Waals surface area contributed by atoms with Gasteiger partial charge in [-0.25, -0.2) is 0 Å². The number of hydrogen-bond donors (Lipinski definition) is 1. The number of hydrogen-bond acceptors (Lipinski definition) is 6. The van der Waals surface area contributed by atoms with E-state index in [0.717, 1.165) is 16.7 Å². The van der Waals surface area contributed by atoms with E-state index in [1.807, 2.05) is 0 Å². The fourth-order valence-electron chi connectivity index (χ4n) is 2.35. The highest BCUT2D eigenvalue weighted by molar-refractivity contribution is 6.30. The number of rotatable bonds is 8. The molecule has 0 aliphatic heterocycles. The standard InChI is InChI=1S/C17H16ClN3O6/c1-27-8-7-19-17(24)15(20-10-12(18)5-6-14(20)22)16(23)11-3-2-4-13(9-11)21(25)26/h2-6,9-10,15H,7-8H2,1H3,(H,19,24)/t15-/m0/s1. The van der Waals surface area contributed by atoms with Gasteiger partial charge in [0.05, 0.1) is 16.6 Å². The summed E-state index contributed by atoms with van der Waals surface area (Å²) in [7, 11) is 1.44. The van der Waals surface area contributed by atoms with Gasteiger partial charge in [0, 0.05) is 43.6 Å². The van der Waals surface area contributed by atoms with Crippen LogP contribution in [0.5, 0.6) is 0 Å². The molecule has 27 heavy (non-hydrogen) atoms. The molecule has 10 heteroatoms. The van der Waals surface area contributed by atoms with Crippen LogP contribution in [0.4, 0.5) is 5.69 Å². The number of ketones is 1. The molecule has 9 nitrogen and oxygen atoms in total. The van der Waals surface area contributed by atoms with Gasteiger partial charge >= 0.3 is 0 Å². The van der Waals surface area contributed by atoms with Crippen molar-refractivity contribution in [2.24, 2.45) is 0 Å². The lowest BCUT2D eigenvalue weighted by Crippen LogP contribution is -2.42. The number of ether oxygens (including phenoxy) is 1. The molecule has 1 aromatic carbocycles. The van der Waals surface area contributed by atoms with Gasteiger partial charge in [0.1, 0.15) is 0 Å². The van der Waals surface area contributed by atoms with Crippen LogP contribution >= 0.6 is 11.6 Å². The van der Waals surface area contributed by atoms with Gasteiger partial charge in [0.2, 0.25) is 0 Å². The number of nitro groups is 1. The van der Waals surface area contributed by atoms with E-state index in [1.165, 1.54) is 37.6 Å². The molecule has 0 saturated heterocycles. The number of nitro benzene ring substituents is 1. The fourth-order valence-corrected chi connectivity index (χ4v) is 2.52. The molecular formula is C17H16ClN3O6. The Balaban J connectivity index is 2.48. The summed E-state index contributed by atoms with van der Waals surface area (Å²) in [4.78, 5) is 48.0. The molecule has 1 heterocycles. The molecule has 2 aromatic rings. The van der Waals surface area contributed by atoms with Crippen molar-refractivity contribution in [2.45, 2.75) is 6.04 Å². The second-order valence-electron chi connectivity index (χ2n) is 5.45. The first kappa shape index (κ1) is 20.3. The Hall–Kier alpha value is -3.04. The topological polar surface area (TPSA) is 121 Å². The van der Waals surface area contributed by atoms with Gasteiger partial charge in [-0.05, 0) is 6.07 Å². The number of carbonyl (C=O) groups is 2. The summed E-state index contributed by atoms with van der Waals surface area (Å²) in [6.07, 6.45) is 1.17. The minimum Gasteiger partial charge on any atom is -0.383 e. The third kappa shape index (κ3) is 4.99. The van der Waals surface area contributed by atoms with Crippen molar-refractivity contribution in [1.82, 2.24) is 9.88 Å². The third-order valence-electron chi connectivity index (χ3n) is 3.62. The van der Waals surface area contributed by atoms with E-state index in [9.17, 15) is 24.5 Å². The average Bonchev–Trinajstić information content (AvgIpc) is 2.65. The Bertz CT molecular complexity index is 927. The van der Waals surface area contributed by atoms with Crippen LogP contribution in [0.3, 0.4) is 0 Å². The molecule has 2 rings (SSSR count). The Morgan fingerprint density at radius 3 is 2.74 bits per heavy atom. The summed E-state index contributed by atoms with van der Waals surface area (Å²) < 4.78 is 5.74. The van der Waals surface area contributed by atoms with E-state index < -0.39 is 28.2 Å². The van der Waals surface area contributed by atoms with Crippen molar-refractivity contribution < 1.29 is 19.2 Å². The molecule has 0 aliphatic rings. The zero-order valence-electron chi connectivity index (χ0n) is 14.3. The summed E-state index contributed by atoms with van der Waals surface area (Å²) in [5.74, 6) is -1.54. The number of halogens is 1. The van der Waals surface area contributed by atoms with Crippen LogP contribution in [0.25, 0.3) is 0 Å². The smallest absolute Gasteiger partial charge is 0.270 e. The van der Waals surface area contributed by atoms with E-state index in [4.69, 9.17) is 16.3 Å². The van der Waals surface area contributed by atoms with Crippen molar-refractivity contribution in [3.8, 4) is 0 Å². The maximum atomic E-state index is 12.9. The SMILES string of the molecule is COCCNC(=O)[C@H](C(=O)c1cccc([N+](=O)[O-])c1)n1cc(Cl)ccc1=O. The Morgan fingerprint density at radius 2 is 2.07 bits per heavy atom. The number of aromatic nitrogens is 1. The van der Waals surface area contributed by atoms with E-state index in [2.05, 4.69) is 5.32 Å². The molecule has 0 aliphatic carbocycles. The number of methoxy groups -OCH3 is 1. The molecule has 0 saturated carbocycles. The van der Waals surface area contributed by atoms with Crippen LogP contribution in [0, 0.1) is 10.1 Å². The predicted octanol–water partition coefficient (Wildman–Crippen LogP) is 1.60. The molecular weight excluding hydrogens is 378 g/mol. The highest BCUT2D eigenvalue weighted by Crippen LogP contribution is 2.20. The van der Waals surface area contributed by atoms with Crippen LogP contribution in [0.2, 0.25) is 5.02 Å². The van der Waals surface area contributed by atoms with Crippen molar-refractivity contribution >= 4 is 29.0 Å². The summed E-state index contributed by atoms with van der Waals surface area (Å²) in [5, 5.41) is 13.6. The second-order valence-corrected chi connectivity index (χ2v) is 5.89. The maximum Gasteiger partial charge on any atom is 0.270 e. The lowest BCUT2D eigenvalue weighted by atomic mass is 10.0. The molecule has 0 bridgehead atoms. The van der Waals surface area contributed by atoms with Crippen LogP contribution < -0.4 is 10.9 Å². The number of non-ortho nitro benzene ring substituents is 1. The highest BCUT2D eigenvalue weighted by atomic mass is 35.5. The summed E-state index contributed by atoms with van der Waals surface area (Å²) in [6, 6.07) is 5.81. The molecule has 1 N–H and O–H groups in total. The first-order valence-electron chi connectivity index (χ1n) is 7.78. The number of amides is 1. The minimum absolute atomic E-state index is 0.0806. The number of benzene rings is 1. The Morgan fingerprint density at radius 1 is 1.33 bits per heavy atom. The largest absolute Gasteiger partial charge is 0.383 e. The first-order chi connectivity index (χ1) is 12.8. The number of Topliss-reactive ketones (excluding diaryl/α,β-unsaturated/α-hetero) is 1. The number of nitrogens with one attached hydrogen (secondary N) is 1. The predicted molar refractivity (Wildman–Crippen MR) is 97.1 cm³/mol. The van der Waals surface area contributed by atoms with Crippen molar-refractivity contribution in [2.75, 3.05) is 20.3 Å². The average molecular weight is 394 g/mol. The summed E-state index contributed by atoms with van der Waals surface area (Å²) >= 11 is 5.90. The van der Waals surface area contributed by atoms with E-state index in [1.54, 1.807) is 0 Å². The molecule has 0 unspecified atom stereocenters. The molecule has 1 aromatic heterocycles. The molecule has 142 valence electrons. The third-order valence-corrected chi connectivity index (χ3v) is 3.85. The Labute approximate surface area is 158 Å². The number of carbonyl (C=O) groups excluding carboxylic acids is 2. The van der Waals surface area contributed by atoms with Gasteiger partial charge in [-0.15, -0.1) is 0 Å². The quantitative estimate of drug-likeness (QED) is 0.239. The molecule has 1 amide bonds. The zero-order chi connectivity index (χ0) is 20.0. The first-order valence-corrected chi connectivity index (χ1v) is 8.16. The minimum atomic E-state index is -1.57. The normalized spacial score (nSPS) is 11.6. The van der Waals surface area contributed by atoms with Gasteiger partial charge in [-0.2, -0.15) is 0 Å². The van der Waals surface area contributed by atoms with E-state index in [-0.39, 0.29) is 29.4 Å². The lowest BCUT2D eigenvalue weighted by Gasteiger charge is -2.18. The summed E-state index contributed by atoms with van der Waals surface area (Å²) in [5.41, 5.74) is -1.01. The van der Waals surface area contributed by atoms with Crippen LogP contribution in [-0.4, -0.2) is 41.4 Å². The van der Waals surface area contributed by atoms with Gasteiger partial charge in [-0.3, -0.25) is 29.1 Å². The molecule has 0 spiro atoms. The van der Waals surface area contributed by atoms with Gasteiger partial charge < -0.3 is 10.1 Å². The zero-order valence-corrected chi connectivity index (χ0v) is 15.0. The van der Waals surface area contributed by atoms with E-state index in [0.29, 0.717) is 0 Å².